The molecule has 2 heterocycles. The number of hydrogen-bond acceptors (Lipinski definition) is 9. The van der Waals surface area contributed by atoms with Crippen LogP contribution in [0.5, 0.6) is 5.75 Å². The molecular weight excluding hydrogens is 515 g/mol. The van der Waals surface area contributed by atoms with Gasteiger partial charge in [-0.1, -0.05) is 18.2 Å². The number of aliphatic hydroxyl groups is 1. The number of H-pyrrole nitrogens is 1. The quantitative estimate of drug-likeness (QED) is 0.167. The third-order valence-electron chi connectivity index (χ3n) is 5.26. The topological polar surface area (TPSA) is 158 Å². The number of aliphatic hydroxyl groups excluding tert-OH is 1. The van der Waals surface area contributed by atoms with Crippen molar-refractivity contribution in [1.29, 1.82) is 0 Å². The maximum Gasteiger partial charge on any atom is 0.459 e. The SMILES string of the molecule is B[C@]1(Cl)[C@H](O)[C@@H](COP(=O)(N[C@H](C)C(=O)OC(C)C)Oc2ccccc2)O[C@H]1n1ccc(=O)[nH]c1=O. The van der Waals surface area contributed by atoms with Gasteiger partial charge in [0.1, 0.15) is 25.7 Å². The van der Waals surface area contributed by atoms with Crippen molar-refractivity contribution in [2.24, 2.45) is 0 Å². The van der Waals surface area contributed by atoms with Crippen LogP contribution >= 0.6 is 19.3 Å². The molecule has 196 valence electrons. The van der Waals surface area contributed by atoms with E-state index in [4.69, 9.17) is 30.1 Å². The Morgan fingerprint density at radius 2 is 1.97 bits per heavy atom. The summed E-state index contributed by atoms with van der Waals surface area (Å²) in [5.74, 6) is -0.473. The number of carbonyl (C=O) groups is 1. The van der Waals surface area contributed by atoms with Crippen molar-refractivity contribution < 1.29 is 33.0 Å². The summed E-state index contributed by atoms with van der Waals surface area (Å²) in [6.45, 7) is 4.30. The standard InChI is InChI=1S/C21H28BClN3O9P/c1-12(2)33-18(29)13(3)25-36(31,35-14-7-5-4-6-8-14)32-11-15-17(28)21(22,23)19(34-15)26-10-9-16(27)24-20(26)30/h4-10,12-13,15,17,19,28H,11,22H2,1-3H3,(H,25,31)(H,24,27,30)/t13-,15-,17-,19-,21+,36?/m1/s1. The van der Waals surface area contributed by atoms with Crippen molar-refractivity contribution in [3.8, 4) is 5.75 Å². The van der Waals surface area contributed by atoms with Crippen LogP contribution in [-0.2, 0) is 23.4 Å². The summed E-state index contributed by atoms with van der Waals surface area (Å²) in [5.41, 5.74) is -1.40. The fraction of sp³-hybridized carbons (Fsp3) is 0.476. The highest BCUT2D eigenvalue weighted by Gasteiger charge is 2.53. The third kappa shape index (κ3) is 6.67. The molecule has 15 heteroatoms. The number of carbonyl (C=O) groups excluding carboxylic acids is 1. The Balaban J connectivity index is 1.80. The summed E-state index contributed by atoms with van der Waals surface area (Å²) < 4.78 is 35.2. The van der Waals surface area contributed by atoms with Crippen molar-refractivity contribution in [2.75, 3.05) is 6.61 Å². The molecule has 3 rings (SSSR count). The van der Waals surface area contributed by atoms with Crippen LogP contribution in [0.1, 0.15) is 27.0 Å². The normalized spacial score (nSPS) is 26.3. The number of hydrogen-bond donors (Lipinski definition) is 3. The predicted molar refractivity (Wildman–Crippen MR) is 133 cm³/mol. The van der Waals surface area contributed by atoms with Gasteiger partial charge < -0.3 is 19.1 Å². The fourth-order valence-corrected chi connectivity index (χ4v) is 5.27. The van der Waals surface area contributed by atoms with E-state index in [1.54, 1.807) is 44.2 Å². The van der Waals surface area contributed by atoms with Gasteiger partial charge in [-0.25, -0.2) is 9.36 Å². The van der Waals surface area contributed by atoms with Gasteiger partial charge in [-0.2, -0.15) is 5.09 Å². The number of benzene rings is 1. The van der Waals surface area contributed by atoms with Crippen LogP contribution in [0, 0.1) is 0 Å². The number of alkyl halides is 1. The average Bonchev–Trinajstić information content (AvgIpc) is 3.01. The van der Waals surface area contributed by atoms with E-state index in [0.717, 1.165) is 10.6 Å². The summed E-state index contributed by atoms with van der Waals surface area (Å²) >= 11 is 6.52. The van der Waals surface area contributed by atoms with Crippen molar-refractivity contribution >= 4 is 33.2 Å². The van der Waals surface area contributed by atoms with E-state index in [2.05, 4.69) is 10.1 Å². The molecule has 0 amide bonds. The van der Waals surface area contributed by atoms with Crippen molar-refractivity contribution in [3.05, 3.63) is 63.4 Å². The number of ether oxygens (including phenoxy) is 2. The second-order valence-electron chi connectivity index (χ2n) is 8.67. The molecule has 1 aromatic heterocycles. The van der Waals surface area contributed by atoms with Gasteiger partial charge in [0.25, 0.3) is 5.56 Å². The zero-order chi connectivity index (χ0) is 26.7. The Morgan fingerprint density at radius 3 is 2.58 bits per heavy atom. The first-order chi connectivity index (χ1) is 16.8. The summed E-state index contributed by atoms with van der Waals surface area (Å²) in [6, 6.07) is 8.18. The minimum atomic E-state index is -4.22. The molecule has 0 bridgehead atoms. The van der Waals surface area contributed by atoms with Crippen molar-refractivity contribution in [3.63, 3.8) is 0 Å². The number of halogens is 1. The summed E-state index contributed by atoms with van der Waals surface area (Å²) in [7, 11) is -2.78. The van der Waals surface area contributed by atoms with E-state index in [1.165, 1.54) is 21.0 Å². The first-order valence-corrected chi connectivity index (χ1v) is 13.1. The van der Waals surface area contributed by atoms with Gasteiger partial charge in [-0.05, 0) is 32.9 Å². The number of nitrogens with one attached hydrogen (secondary N) is 2. The molecule has 2 aromatic rings. The molecule has 1 aliphatic rings. The molecular formula is C21H28BClN3O9P. The van der Waals surface area contributed by atoms with Crippen LogP contribution in [-0.4, -0.2) is 64.2 Å². The summed E-state index contributed by atoms with van der Waals surface area (Å²) in [4.78, 5) is 38.0. The Morgan fingerprint density at radius 1 is 1.31 bits per heavy atom. The highest BCUT2D eigenvalue weighted by atomic mass is 35.5. The van der Waals surface area contributed by atoms with Crippen LogP contribution in [0.3, 0.4) is 0 Å². The number of nitrogens with zero attached hydrogens (tertiary/aromatic N) is 1. The number of esters is 1. The lowest BCUT2D eigenvalue weighted by Crippen LogP contribution is -2.45. The first kappa shape index (κ1) is 28.2. The molecule has 12 nitrogen and oxygen atoms in total. The maximum atomic E-state index is 13.6. The van der Waals surface area contributed by atoms with E-state index < -0.39 is 66.9 Å². The van der Waals surface area contributed by atoms with Gasteiger partial charge in [-0.3, -0.25) is 23.7 Å². The van der Waals surface area contributed by atoms with Gasteiger partial charge in [0.15, 0.2) is 6.23 Å². The number of rotatable bonds is 10. The van der Waals surface area contributed by atoms with Crippen LogP contribution in [0.15, 0.2) is 52.2 Å². The van der Waals surface area contributed by atoms with Gasteiger partial charge >= 0.3 is 19.4 Å². The van der Waals surface area contributed by atoms with Crippen molar-refractivity contribution in [2.45, 2.75) is 56.1 Å². The molecule has 0 spiro atoms. The Bertz CT molecular complexity index is 1220. The van der Waals surface area contributed by atoms with Crippen LogP contribution in [0.4, 0.5) is 0 Å². The maximum absolute atomic E-state index is 13.6. The Kier molecular flexibility index (Phi) is 8.86. The predicted octanol–water partition coefficient (Wildman–Crippen LogP) is 0.496. The minimum Gasteiger partial charge on any atom is -0.462 e. The number of para-hydroxylation sites is 1. The molecule has 0 saturated carbocycles. The molecule has 0 radical (unpaired) electrons. The van der Waals surface area contributed by atoms with Gasteiger partial charge in [0, 0.05) is 12.3 Å². The van der Waals surface area contributed by atoms with E-state index in [9.17, 15) is 24.1 Å². The largest absolute Gasteiger partial charge is 0.462 e. The molecule has 0 aliphatic carbocycles. The molecule has 1 unspecified atom stereocenters. The molecule has 1 aliphatic heterocycles. The zero-order valence-electron chi connectivity index (χ0n) is 20.1. The smallest absolute Gasteiger partial charge is 0.459 e. The molecule has 1 saturated heterocycles. The average molecular weight is 544 g/mol. The molecule has 3 N–H and O–H groups in total. The summed E-state index contributed by atoms with van der Waals surface area (Å²) in [6.07, 6.45) is -2.92. The summed E-state index contributed by atoms with van der Waals surface area (Å²) in [5, 5.41) is 13.3. The fourth-order valence-electron chi connectivity index (χ4n) is 3.47. The number of aromatic amines is 1. The highest BCUT2D eigenvalue weighted by Crippen LogP contribution is 2.47. The van der Waals surface area contributed by atoms with Gasteiger partial charge in [0.05, 0.1) is 23.6 Å². The van der Waals surface area contributed by atoms with Gasteiger partial charge in [-0.15, -0.1) is 11.6 Å². The highest BCUT2D eigenvalue weighted by molar-refractivity contribution is 7.52. The van der Waals surface area contributed by atoms with E-state index in [0.29, 0.717) is 0 Å². The lowest BCUT2D eigenvalue weighted by atomic mass is 9.79. The molecule has 1 aromatic carbocycles. The van der Waals surface area contributed by atoms with Crippen molar-refractivity contribution in [1.82, 2.24) is 14.6 Å². The van der Waals surface area contributed by atoms with E-state index >= 15 is 0 Å². The molecule has 1 fully saturated rings. The molecule has 36 heavy (non-hydrogen) atoms. The monoisotopic (exact) mass is 543 g/mol. The van der Waals surface area contributed by atoms with Crippen LogP contribution in [0.2, 0.25) is 0 Å². The molecule has 6 atom stereocenters. The van der Waals surface area contributed by atoms with Crippen LogP contribution < -0.4 is 20.9 Å². The zero-order valence-corrected chi connectivity index (χ0v) is 21.8. The van der Waals surface area contributed by atoms with E-state index in [1.807, 2.05) is 0 Å². The Labute approximate surface area is 212 Å². The first-order valence-electron chi connectivity index (χ1n) is 11.1. The minimum absolute atomic E-state index is 0.200. The number of aromatic nitrogens is 2. The van der Waals surface area contributed by atoms with E-state index in [-0.39, 0.29) is 5.75 Å². The second kappa shape index (κ2) is 11.3. The third-order valence-corrected chi connectivity index (χ3v) is 7.31. The lowest BCUT2D eigenvalue weighted by molar-refractivity contribution is -0.149. The lowest BCUT2D eigenvalue weighted by Gasteiger charge is -2.26. The van der Waals surface area contributed by atoms with Crippen LogP contribution in [0.25, 0.3) is 0 Å². The second-order valence-corrected chi connectivity index (χ2v) is 11.2. The van der Waals surface area contributed by atoms with Gasteiger partial charge in [0.2, 0.25) is 0 Å². The Hall–Kier alpha value is -2.41.